The molecule has 1 saturated heterocycles. The predicted molar refractivity (Wildman–Crippen MR) is 88.9 cm³/mol. The highest BCUT2D eigenvalue weighted by atomic mass is 32.1. The van der Waals surface area contributed by atoms with Gasteiger partial charge in [0.1, 0.15) is 17.3 Å². The Hall–Kier alpha value is -1.17. The normalized spacial score (nSPS) is 20.4. The van der Waals surface area contributed by atoms with Crippen LogP contribution >= 0.6 is 12.2 Å². The molecule has 21 heavy (non-hydrogen) atoms. The molecule has 0 unspecified atom stereocenters. The van der Waals surface area contributed by atoms with Crippen LogP contribution < -0.4 is 10.5 Å². The van der Waals surface area contributed by atoms with E-state index in [4.69, 9.17) is 22.7 Å². The van der Waals surface area contributed by atoms with Crippen molar-refractivity contribution in [2.24, 2.45) is 5.73 Å². The maximum absolute atomic E-state index is 5.79. The summed E-state index contributed by atoms with van der Waals surface area (Å²) < 4.78 is 5.79. The number of benzene rings is 1. The molecular formula is C16H23N3OS. The van der Waals surface area contributed by atoms with Crippen molar-refractivity contribution in [1.29, 1.82) is 0 Å². The van der Waals surface area contributed by atoms with Gasteiger partial charge in [0.2, 0.25) is 0 Å². The Morgan fingerprint density at radius 3 is 2.38 bits per heavy atom. The van der Waals surface area contributed by atoms with Crippen LogP contribution in [-0.4, -0.2) is 60.2 Å². The molecule has 1 saturated carbocycles. The van der Waals surface area contributed by atoms with Gasteiger partial charge in [-0.3, -0.25) is 9.80 Å². The number of nitrogens with zero attached hydrogens (tertiary/aromatic N) is 2. The van der Waals surface area contributed by atoms with Crippen LogP contribution in [0.2, 0.25) is 0 Å². The van der Waals surface area contributed by atoms with E-state index in [-0.39, 0.29) is 0 Å². The molecular weight excluding hydrogens is 282 g/mol. The summed E-state index contributed by atoms with van der Waals surface area (Å²) in [5.74, 6) is 0.881. The number of nitrogens with two attached hydrogens (primary N) is 1. The fourth-order valence-electron chi connectivity index (χ4n) is 2.80. The number of ether oxygens (including phenoxy) is 1. The van der Waals surface area contributed by atoms with E-state index in [1.54, 1.807) is 0 Å². The number of thiocarbonyl (C=S) groups is 1. The van der Waals surface area contributed by atoms with Crippen molar-refractivity contribution in [2.45, 2.75) is 18.9 Å². The molecule has 1 heterocycles. The van der Waals surface area contributed by atoms with Gasteiger partial charge in [0.05, 0.1) is 0 Å². The minimum absolute atomic E-state index is 0.426. The average Bonchev–Trinajstić information content (AvgIpc) is 3.33. The predicted octanol–water partition coefficient (Wildman–Crippen LogP) is 1.48. The third kappa shape index (κ3) is 4.15. The van der Waals surface area contributed by atoms with E-state index in [9.17, 15) is 0 Å². The van der Waals surface area contributed by atoms with Crippen LogP contribution in [0.1, 0.15) is 18.4 Å². The lowest BCUT2D eigenvalue weighted by molar-refractivity contribution is 0.112. The zero-order valence-corrected chi connectivity index (χ0v) is 13.1. The minimum Gasteiger partial charge on any atom is -0.492 e. The van der Waals surface area contributed by atoms with Crippen molar-refractivity contribution in [3.63, 3.8) is 0 Å². The van der Waals surface area contributed by atoms with Gasteiger partial charge < -0.3 is 10.5 Å². The van der Waals surface area contributed by atoms with Crippen LogP contribution in [0.15, 0.2) is 24.3 Å². The van der Waals surface area contributed by atoms with Gasteiger partial charge in [0.15, 0.2) is 0 Å². The monoisotopic (exact) mass is 305 g/mol. The van der Waals surface area contributed by atoms with Crippen molar-refractivity contribution in [2.75, 3.05) is 39.3 Å². The van der Waals surface area contributed by atoms with Crippen LogP contribution in [0.3, 0.4) is 0 Å². The van der Waals surface area contributed by atoms with Crippen molar-refractivity contribution >= 4 is 17.2 Å². The van der Waals surface area contributed by atoms with Gasteiger partial charge in [0, 0.05) is 44.3 Å². The van der Waals surface area contributed by atoms with E-state index in [0.29, 0.717) is 4.99 Å². The molecule has 1 aromatic rings. The molecule has 0 aromatic heterocycles. The standard InChI is InChI=1S/C16H23N3OS/c17-16(21)13-1-5-15(6-2-13)20-12-11-18-7-9-19(10-8-18)14-3-4-14/h1-2,5-6,14H,3-4,7-12H2,(H2,17,21). The molecule has 5 heteroatoms. The molecule has 114 valence electrons. The lowest BCUT2D eigenvalue weighted by atomic mass is 10.2. The third-order valence-electron chi connectivity index (χ3n) is 4.29. The first-order valence-electron chi connectivity index (χ1n) is 7.71. The summed E-state index contributed by atoms with van der Waals surface area (Å²) in [5.41, 5.74) is 6.46. The van der Waals surface area contributed by atoms with E-state index in [1.807, 2.05) is 24.3 Å². The fraction of sp³-hybridized carbons (Fsp3) is 0.562. The lowest BCUT2D eigenvalue weighted by Gasteiger charge is -2.34. The molecule has 1 aromatic carbocycles. The molecule has 0 atom stereocenters. The Labute approximate surface area is 131 Å². The third-order valence-corrected chi connectivity index (χ3v) is 4.52. The van der Waals surface area contributed by atoms with Gasteiger partial charge in [-0.25, -0.2) is 0 Å². The number of hydrogen-bond acceptors (Lipinski definition) is 4. The zero-order valence-electron chi connectivity index (χ0n) is 12.3. The van der Waals surface area contributed by atoms with Crippen molar-refractivity contribution < 1.29 is 4.74 Å². The lowest BCUT2D eigenvalue weighted by Crippen LogP contribution is -2.48. The largest absolute Gasteiger partial charge is 0.492 e. The highest BCUT2D eigenvalue weighted by Gasteiger charge is 2.30. The van der Waals surface area contributed by atoms with Crippen molar-refractivity contribution in [3.05, 3.63) is 29.8 Å². The molecule has 2 aliphatic rings. The van der Waals surface area contributed by atoms with Crippen LogP contribution in [0.25, 0.3) is 0 Å². The molecule has 0 bridgehead atoms. The molecule has 3 rings (SSSR count). The van der Waals surface area contributed by atoms with Crippen LogP contribution in [-0.2, 0) is 0 Å². The molecule has 0 radical (unpaired) electrons. The Morgan fingerprint density at radius 1 is 1.14 bits per heavy atom. The Kier molecular flexibility index (Phi) is 4.73. The first-order valence-corrected chi connectivity index (χ1v) is 8.12. The van der Waals surface area contributed by atoms with E-state index >= 15 is 0 Å². The highest BCUT2D eigenvalue weighted by molar-refractivity contribution is 7.80. The number of piperazine rings is 1. The first-order chi connectivity index (χ1) is 10.2. The second kappa shape index (κ2) is 6.73. The van der Waals surface area contributed by atoms with Crippen molar-refractivity contribution in [1.82, 2.24) is 9.80 Å². The van der Waals surface area contributed by atoms with E-state index in [2.05, 4.69) is 9.80 Å². The van der Waals surface area contributed by atoms with Gasteiger partial charge in [-0.2, -0.15) is 0 Å². The molecule has 4 nitrogen and oxygen atoms in total. The summed E-state index contributed by atoms with van der Waals surface area (Å²) in [6.45, 7) is 6.49. The summed E-state index contributed by atoms with van der Waals surface area (Å²) in [6.07, 6.45) is 2.82. The molecule has 0 spiro atoms. The van der Waals surface area contributed by atoms with Crippen molar-refractivity contribution in [3.8, 4) is 5.75 Å². The minimum atomic E-state index is 0.426. The summed E-state index contributed by atoms with van der Waals surface area (Å²) in [6, 6.07) is 8.58. The Bertz CT molecular complexity index is 479. The van der Waals surface area contributed by atoms with Gasteiger partial charge in [-0.1, -0.05) is 12.2 Å². The van der Waals surface area contributed by atoms with Gasteiger partial charge in [-0.15, -0.1) is 0 Å². The van der Waals surface area contributed by atoms with Crippen LogP contribution in [0, 0.1) is 0 Å². The summed E-state index contributed by atoms with van der Waals surface area (Å²) in [7, 11) is 0. The SMILES string of the molecule is NC(=S)c1ccc(OCCN2CCN(C3CC3)CC2)cc1. The van der Waals surface area contributed by atoms with E-state index < -0.39 is 0 Å². The highest BCUT2D eigenvalue weighted by Crippen LogP contribution is 2.27. The van der Waals surface area contributed by atoms with Gasteiger partial charge in [-0.05, 0) is 37.1 Å². The summed E-state index contributed by atoms with van der Waals surface area (Å²) in [5, 5.41) is 0. The quantitative estimate of drug-likeness (QED) is 0.806. The molecule has 0 amide bonds. The number of hydrogen-bond donors (Lipinski definition) is 1. The second-order valence-corrected chi connectivity index (χ2v) is 6.29. The Balaban J connectivity index is 1.37. The number of rotatable bonds is 6. The smallest absolute Gasteiger partial charge is 0.119 e. The molecule has 2 fully saturated rings. The summed E-state index contributed by atoms with van der Waals surface area (Å²) in [4.78, 5) is 5.55. The second-order valence-electron chi connectivity index (χ2n) is 5.85. The fourth-order valence-corrected chi connectivity index (χ4v) is 2.94. The van der Waals surface area contributed by atoms with Gasteiger partial charge in [0.25, 0.3) is 0 Å². The Morgan fingerprint density at radius 2 is 1.81 bits per heavy atom. The summed E-state index contributed by atoms with van der Waals surface area (Å²) >= 11 is 4.94. The maximum Gasteiger partial charge on any atom is 0.119 e. The van der Waals surface area contributed by atoms with Crippen LogP contribution in [0.5, 0.6) is 5.75 Å². The maximum atomic E-state index is 5.79. The molecule has 1 aliphatic heterocycles. The zero-order chi connectivity index (χ0) is 14.7. The molecule has 2 N–H and O–H groups in total. The average molecular weight is 305 g/mol. The topological polar surface area (TPSA) is 41.7 Å². The van der Waals surface area contributed by atoms with E-state index in [1.165, 1.54) is 39.0 Å². The molecule has 1 aliphatic carbocycles. The van der Waals surface area contributed by atoms with Gasteiger partial charge >= 0.3 is 0 Å². The first kappa shape index (κ1) is 14.8. The van der Waals surface area contributed by atoms with E-state index in [0.717, 1.165) is 30.5 Å². The van der Waals surface area contributed by atoms with Crippen LogP contribution in [0.4, 0.5) is 0 Å².